The van der Waals surface area contributed by atoms with E-state index < -0.39 is 0 Å². The van der Waals surface area contributed by atoms with Crippen LogP contribution < -0.4 is 5.73 Å². The summed E-state index contributed by atoms with van der Waals surface area (Å²) in [5.41, 5.74) is 6.57. The molecule has 4 heteroatoms. The van der Waals surface area contributed by atoms with Gasteiger partial charge in [0.15, 0.2) is 0 Å². The van der Waals surface area contributed by atoms with Gasteiger partial charge in [-0.2, -0.15) is 0 Å². The van der Waals surface area contributed by atoms with Gasteiger partial charge in [-0.05, 0) is 11.6 Å². The summed E-state index contributed by atoms with van der Waals surface area (Å²) in [5, 5.41) is 0. The van der Waals surface area contributed by atoms with Crippen LogP contribution in [0.1, 0.15) is 16.1 Å². The topological polar surface area (TPSA) is 68.1 Å². The summed E-state index contributed by atoms with van der Waals surface area (Å²) < 4.78 is 4.51. The summed E-state index contributed by atoms with van der Waals surface area (Å²) in [7, 11) is 1.34. The van der Waals surface area contributed by atoms with Crippen LogP contribution in [-0.4, -0.2) is 18.1 Å². The molecule has 11 heavy (non-hydrogen) atoms. The third-order valence-electron chi connectivity index (χ3n) is 1.44. The summed E-state index contributed by atoms with van der Waals surface area (Å²) in [6.07, 6.45) is 1.66. The van der Waals surface area contributed by atoms with E-state index in [1.165, 1.54) is 7.11 Å². The molecule has 0 atom stereocenters. The zero-order valence-corrected chi connectivity index (χ0v) is 6.26. The first-order valence-electron chi connectivity index (χ1n) is 3.24. The molecule has 0 aromatic carbocycles. The van der Waals surface area contributed by atoms with Gasteiger partial charge in [-0.25, -0.2) is 4.79 Å². The Balaban J connectivity index is 2.92. The van der Waals surface area contributed by atoms with Crippen molar-refractivity contribution in [2.24, 2.45) is 5.73 Å². The van der Waals surface area contributed by atoms with Crippen LogP contribution in [0.3, 0.4) is 0 Å². The molecule has 0 aliphatic heterocycles. The molecule has 0 fully saturated rings. The minimum Gasteiger partial charge on any atom is -0.464 e. The van der Waals surface area contributed by atoms with Crippen LogP contribution in [0.5, 0.6) is 0 Å². The second-order valence-electron chi connectivity index (χ2n) is 2.07. The highest BCUT2D eigenvalue weighted by atomic mass is 16.5. The average Bonchev–Trinajstić information content (AvgIpc) is 2.50. The summed E-state index contributed by atoms with van der Waals surface area (Å²) in [6, 6.07) is 1.76. The van der Waals surface area contributed by atoms with E-state index in [0.717, 1.165) is 5.56 Å². The summed E-state index contributed by atoms with van der Waals surface area (Å²) in [5.74, 6) is -0.379. The van der Waals surface area contributed by atoms with E-state index in [-0.39, 0.29) is 5.97 Å². The maximum atomic E-state index is 10.9. The van der Waals surface area contributed by atoms with E-state index in [2.05, 4.69) is 9.72 Å². The van der Waals surface area contributed by atoms with Crippen molar-refractivity contribution < 1.29 is 9.53 Å². The van der Waals surface area contributed by atoms with E-state index in [1.807, 2.05) is 0 Å². The molecule has 0 aliphatic carbocycles. The first kappa shape index (κ1) is 7.81. The Morgan fingerprint density at radius 2 is 2.55 bits per heavy atom. The van der Waals surface area contributed by atoms with Crippen molar-refractivity contribution in [3.8, 4) is 0 Å². The zero-order valence-electron chi connectivity index (χ0n) is 6.26. The standard InChI is InChI=1S/C7H10N2O2/c1-11-7(10)6-5(4-8)2-3-9-6/h2-3,9H,4,8H2,1H3. The first-order chi connectivity index (χ1) is 5.29. The normalized spacial score (nSPS) is 9.64. The summed E-state index contributed by atoms with van der Waals surface area (Å²) in [4.78, 5) is 13.7. The van der Waals surface area contributed by atoms with E-state index >= 15 is 0 Å². The smallest absolute Gasteiger partial charge is 0.354 e. The minimum atomic E-state index is -0.379. The molecule has 0 saturated heterocycles. The van der Waals surface area contributed by atoms with Crippen molar-refractivity contribution in [1.29, 1.82) is 0 Å². The van der Waals surface area contributed by atoms with Crippen molar-refractivity contribution in [2.45, 2.75) is 6.54 Å². The van der Waals surface area contributed by atoms with E-state index in [9.17, 15) is 4.79 Å². The van der Waals surface area contributed by atoms with Crippen LogP contribution in [0.4, 0.5) is 0 Å². The van der Waals surface area contributed by atoms with Gasteiger partial charge in [-0.3, -0.25) is 0 Å². The zero-order chi connectivity index (χ0) is 8.27. The predicted molar refractivity (Wildman–Crippen MR) is 40.0 cm³/mol. The number of H-pyrrole nitrogens is 1. The van der Waals surface area contributed by atoms with Gasteiger partial charge in [-0.15, -0.1) is 0 Å². The van der Waals surface area contributed by atoms with Gasteiger partial charge in [0.05, 0.1) is 7.11 Å². The van der Waals surface area contributed by atoms with E-state index in [4.69, 9.17) is 5.73 Å². The Bertz CT molecular complexity index is 255. The number of nitrogens with one attached hydrogen (secondary N) is 1. The molecule has 0 radical (unpaired) electrons. The van der Waals surface area contributed by atoms with Crippen molar-refractivity contribution in [3.63, 3.8) is 0 Å². The molecule has 0 bridgehead atoms. The van der Waals surface area contributed by atoms with Gasteiger partial charge in [0.1, 0.15) is 5.69 Å². The molecule has 1 aromatic rings. The van der Waals surface area contributed by atoms with Crippen molar-refractivity contribution in [2.75, 3.05) is 7.11 Å². The SMILES string of the molecule is COC(=O)c1[nH]ccc1CN. The van der Waals surface area contributed by atoms with Gasteiger partial charge in [0.2, 0.25) is 0 Å². The lowest BCUT2D eigenvalue weighted by atomic mass is 10.2. The van der Waals surface area contributed by atoms with Crippen LogP contribution in [0.25, 0.3) is 0 Å². The Morgan fingerprint density at radius 1 is 1.82 bits per heavy atom. The molecular weight excluding hydrogens is 144 g/mol. The number of nitrogens with two attached hydrogens (primary N) is 1. The van der Waals surface area contributed by atoms with E-state index in [1.54, 1.807) is 12.3 Å². The Kier molecular flexibility index (Phi) is 2.28. The maximum Gasteiger partial charge on any atom is 0.354 e. The summed E-state index contributed by atoms with van der Waals surface area (Å²) >= 11 is 0. The average molecular weight is 154 g/mol. The molecule has 60 valence electrons. The van der Waals surface area contributed by atoms with Gasteiger partial charge in [0, 0.05) is 12.7 Å². The van der Waals surface area contributed by atoms with Crippen molar-refractivity contribution in [1.82, 2.24) is 4.98 Å². The number of aromatic amines is 1. The third kappa shape index (κ3) is 1.40. The number of carbonyl (C=O) groups excluding carboxylic acids is 1. The molecule has 1 rings (SSSR count). The fourth-order valence-corrected chi connectivity index (χ4v) is 0.864. The van der Waals surface area contributed by atoms with Gasteiger partial charge in [-0.1, -0.05) is 0 Å². The highest BCUT2D eigenvalue weighted by Crippen LogP contribution is 2.06. The van der Waals surface area contributed by atoms with Gasteiger partial charge in [0.25, 0.3) is 0 Å². The number of aromatic nitrogens is 1. The molecule has 0 saturated carbocycles. The highest BCUT2D eigenvalue weighted by Gasteiger charge is 2.10. The van der Waals surface area contributed by atoms with Crippen LogP contribution in [-0.2, 0) is 11.3 Å². The Morgan fingerprint density at radius 3 is 3.09 bits per heavy atom. The van der Waals surface area contributed by atoms with E-state index in [0.29, 0.717) is 12.2 Å². The van der Waals surface area contributed by atoms with Gasteiger partial charge < -0.3 is 15.5 Å². The fourth-order valence-electron chi connectivity index (χ4n) is 0.864. The van der Waals surface area contributed by atoms with Gasteiger partial charge >= 0.3 is 5.97 Å². The van der Waals surface area contributed by atoms with Crippen LogP contribution in [0.2, 0.25) is 0 Å². The van der Waals surface area contributed by atoms with Crippen LogP contribution in [0.15, 0.2) is 12.3 Å². The molecule has 0 spiro atoms. The molecular formula is C7H10N2O2. The molecule has 0 unspecified atom stereocenters. The Hall–Kier alpha value is -1.29. The number of ether oxygens (including phenoxy) is 1. The molecule has 0 amide bonds. The number of hydrogen-bond donors (Lipinski definition) is 2. The third-order valence-corrected chi connectivity index (χ3v) is 1.44. The molecule has 0 aliphatic rings. The number of carbonyl (C=O) groups is 1. The maximum absolute atomic E-state index is 10.9. The molecule has 1 aromatic heterocycles. The first-order valence-corrected chi connectivity index (χ1v) is 3.24. The lowest BCUT2D eigenvalue weighted by Gasteiger charge is -1.97. The lowest BCUT2D eigenvalue weighted by molar-refractivity contribution is 0.0593. The molecule has 3 N–H and O–H groups in total. The number of methoxy groups -OCH3 is 1. The minimum absolute atomic E-state index is 0.341. The number of rotatable bonds is 2. The predicted octanol–water partition coefficient (Wildman–Crippen LogP) is 0.260. The number of hydrogen-bond acceptors (Lipinski definition) is 3. The molecule has 1 heterocycles. The largest absolute Gasteiger partial charge is 0.464 e. The van der Waals surface area contributed by atoms with Crippen LogP contribution in [0, 0.1) is 0 Å². The number of esters is 1. The van der Waals surface area contributed by atoms with Crippen molar-refractivity contribution >= 4 is 5.97 Å². The van der Waals surface area contributed by atoms with Crippen LogP contribution >= 0.6 is 0 Å². The second-order valence-corrected chi connectivity index (χ2v) is 2.07. The highest BCUT2D eigenvalue weighted by molar-refractivity contribution is 5.88. The fraction of sp³-hybridized carbons (Fsp3) is 0.286. The Labute approximate surface area is 64.4 Å². The van der Waals surface area contributed by atoms with Crippen molar-refractivity contribution in [3.05, 3.63) is 23.5 Å². The quantitative estimate of drug-likeness (QED) is 0.600. The summed E-state index contributed by atoms with van der Waals surface area (Å²) in [6.45, 7) is 0.341. The monoisotopic (exact) mass is 154 g/mol. The molecule has 4 nitrogen and oxygen atoms in total. The second kappa shape index (κ2) is 3.21. The lowest BCUT2D eigenvalue weighted by Crippen LogP contribution is -2.07.